The number of nitrogens with one attached hydrogen (secondary N) is 1. The van der Waals surface area contributed by atoms with Crippen LogP contribution in [0.4, 0.5) is 0 Å². The molecule has 6 heteroatoms. The van der Waals surface area contributed by atoms with Crippen molar-refractivity contribution in [2.24, 2.45) is 12.0 Å². The van der Waals surface area contributed by atoms with Crippen molar-refractivity contribution in [1.29, 1.82) is 0 Å². The molecule has 0 saturated carbocycles. The maximum absolute atomic E-state index is 6.08. The van der Waals surface area contributed by atoms with E-state index in [2.05, 4.69) is 67.3 Å². The first-order valence-corrected chi connectivity index (χ1v) is 10.2. The van der Waals surface area contributed by atoms with Gasteiger partial charge in [-0.15, -0.1) is 0 Å². The Labute approximate surface area is 168 Å². The van der Waals surface area contributed by atoms with Gasteiger partial charge in [-0.25, -0.2) is 0 Å². The molecule has 0 spiro atoms. The van der Waals surface area contributed by atoms with Gasteiger partial charge in [0.1, 0.15) is 6.10 Å². The molecule has 1 atom stereocenters. The van der Waals surface area contributed by atoms with Crippen molar-refractivity contribution in [2.75, 3.05) is 32.8 Å². The molecule has 1 saturated heterocycles. The molecule has 1 N–H and O–H groups in total. The first-order valence-electron chi connectivity index (χ1n) is 10.2. The van der Waals surface area contributed by atoms with Gasteiger partial charge < -0.3 is 15.0 Å². The third kappa shape index (κ3) is 4.55. The molecule has 1 aliphatic rings. The van der Waals surface area contributed by atoms with Crippen LogP contribution in [-0.2, 0) is 18.2 Å². The number of aromatic nitrogens is 2. The van der Waals surface area contributed by atoms with Gasteiger partial charge in [0, 0.05) is 32.4 Å². The van der Waals surface area contributed by atoms with Crippen molar-refractivity contribution in [2.45, 2.75) is 40.2 Å². The molecule has 1 aliphatic heterocycles. The van der Waals surface area contributed by atoms with Gasteiger partial charge in [-0.2, -0.15) is 5.10 Å². The van der Waals surface area contributed by atoms with E-state index < -0.39 is 0 Å². The number of hydrogen-bond donors (Lipinski definition) is 1. The summed E-state index contributed by atoms with van der Waals surface area (Å²) in [6, 6.07) is 8.48. The molecule has 1 fully saturated rings. The molecule has 0 bridgehead atoms. The highest BCUT2D eigenvalue weighted by Gasteiger charge is 2.25. The van der Waals surface area contributed by atoms with Gasteiger partial charge in [-0.05, 0) is 50.8 Å². The molecule has 1 unspecified atom stereocenters. The minimum Gasteiger partial charge on any atom is -0.370 e. The summed E-state index contributed by atoms with van der Waals surface area (Å²) in [5, 5.41) is 7.97. The largest absolute Gasteiger partial charge is 0.370 e. The minimum absolute atomic E-state index is 0.0848. The average molecular weight is 384 g/mol. The lowest BCUT2D eigenvalue weighted by atomic mass is 10.0. The standard InChI is InChI=1S/C22H33N5O/c1-6-23-22(24-12-11-20-17(3)25-26(5)18(20)4)27-13-14-28-21(15-27)19-10-8-7-9-16(19)2/h7-10,21H,6,11-15H2,1-5H3,(H,23,24). The number of aryl methyl sites for hydroxylation is 3. The Kier molecular flexibility index (Phi) is 6.73. The summed E-state index contributed by atoms with van der Waals surface area (Å²) in [5.74, 6) is 0.976. The van der Waals surface area contributed by atoms with E-state index in [9.17, 15) is 0 Å². The third-order valence-corrected chi connectivity index (χ3v) is 5.52. The van der Waals surface area contributed by atoms with Crippen LogP contribution in [0.3, 0.4) is 0 Å². The van der Waals surface area contributed by atoms with E-state index in [0.717, 1.165) is 44.3 Å². The smallest absolute Gasteiger partial charge is 0.194 e. The topological polar surface area (TPSA) is 54.7 Å². The maximum Gasteiger partial charge on any atom is 0.194 e. The highest BCUT2D eigenvalue weighted by Crippen LogP contribution is 2.25. The van der Waals surface area contributed by atoms with Crippen LogP contribution in [0.15, 0.2) is 29.3 Å². The SMILES string of the molecule is CCNC(=NCCc1c(C)nn(C)c1C)N1CCOC(c2ccccc2C)C1. The predicted octanol–water partition coefficient (Wildman–Crippen LogP) is 2.93. The molecule has 0 amide bonds. The van der Waals surface area contributed by atoms with Crippen LogP contribution in [0, 0.1) is 20.8 Å². The lowest BCUT2D eigenvalue weighted by Crippen LogP contribution is -2.48. The van der Waals surface area contributed by atoms with E-state index in [0.29, 0.717) is 6.61 Å². The summed E-state index contributed by atoms with van der Waals surface area (Å²) in [6.45, 7) is 12.5. The second kappa shape index (κ2) is 9.24. The molecular weight excluding hydrogens is 350 g/mol. The Balaban J connectivity index is 1.70. The van der Waals surface area contributed by atoms with Crippen LogP contribution in [0.25, 0.3) is 0 Å². The first-order chi connectivity index (χ1) is 13.5. The Morgan fingerprint density at radius 3 is 2.75 bits per heavy atom. The van der Waals surface area contributed by atoms with E-state index in [1.54, 1.807) is 0 Å². The number of rotatable bonds is 5. The number of ether oxygens (including phenoxy) is 1. The number of guanidine groups is 1. The van der Waals surface area contributed by atoms with Crippen LogP contribution in [-0.4, -0.2) is 53.4 Å². The predicted molar refractivity (Wildman–Crippen MR) is 114 cm³/mol. The Morgan fingerprint density at radius 2 is 2.07 bits per heavy atom. The zero-order valence-corrected chi connectivity index (χ0v) is 17.8. The van der Waals surface area contributed by atoms with E-state index in [-0.39, 0.29) is 6.10 Å². The van der Waals surface area contributed by atoms with Crippen LogP contribution in [0.1, 0.15) is 41.1 Å². The zero-order valence-electron chi connectivity index (χ0n) is 17.8. The average Bonchev–Trinajstić information content (AvgIpc) is 2.93. The summed E-state index contributed by atoms with van der Waals surface area (Å²) in [6.07, 6.45) is 0.994. The molecule has 1 aromatic heterocycles. The zero-order chi connectivity index (χ0) is 20.1. The van der Waals surface area contributed by atoms with Crippen molar-refractivity contribution in [3.05, 3.63) is 52.3 Å². The molecule has 6 nitrogen and oxygen atoms in total. The molecule has 2 heterocycles. The van der Waals surface area contributed by atoms with E-state index >= 15 is 0 Å². The lowest BCUT2D eigenvalue weighted by Gasteiger charge is -2.35. The van der Waals surface area contributed by atoms with Gasteiger partial charge in [0.05, 0.1) is 18.8 Å². The van der Waals surface area contributed by atoms with Crippen molar-refractivity contribution in [3.63, 3.8) is 0 Å². The summed E-state index contributed by atoms with van der Waals surface area (Å²) < 4.78 is 8.03. The molecule has 152 valence electrons. The Bertz CT molecular complexity index is 826. The number of nitrogens with zero attached hydrogens (tertiary/aromatic N) is 4. The van der Waals surface area contributed by atoms with Gasteiger partial charge in [0.2, 0.25) is 0 Å². The summed E-state index contributed by atoms with van der Waals surface area (Å²) in [7, 11) is 2.00. The number of morpholine rings is 1. The minimum atomic E-state index is 0.0848. The highest BCUT2D eigenvalue weighted by atomic mass is 16.5. The van der Waals surface area contributed by atoms with Gasteiger partial charge in [-0.3, -0.25) is 9.67 Å². The second-order valence-electron chi connectivity index (χ2n) is 7.42. The number of hydrogen-bond acceptors (Lipinski definition) is 3. The third-order valence-electron chi connectivity index (χ3n) is 5.52. The normalized spacial score (nSPS) is 17.8. The fraction of sp³-hybridized carbons (Fsp3) is 0.545. The summed E-state index contributed by atoms with van der Waals surface area (Å²) >= 11 is 0. The van der Waals surface area contributed by atoms with Crippen LogP contribution < -0.4 is 5.32 Å². The molecule has 0 radical (unpaired) electrons. The van der Waals surface area contributed by atoms with Crippen molar-refractivity contribution in [3.8, 4) is 0 Å². The summed E-state index contributed by atoms with van der Waals surface area (Å²) in [4.78, 5) is 7.24. The van der Waals surface area contributed by atoms with Gasteiger partial charge in [-0.1, -0.05) is 24.3 Å². The monoisotopic (exact) mass is 383 g/mol. The maximum atomic E-state index is 6.08. The van der Waals surface area contributed by atoms with Crippen LogP contribution in [0.2, 0.25) is 0 Å². The molecular formula is C22H33N5O. The second-order valence-corrected chi connectivity index (χ2v) is 7.42. The lowest BCUT2D eigenvalue weighted by molar-refractivity contribution is -0.00832. The molecule has 1 aromatic carbocycles. The Morgan fingerprint density at radius 1 is 1.29 bits per heavy atom. The summed E-state index contributed by atoms with van der Waals surface area (Å²) in [5.41, 5.74) is 6.18. The fourth-order valence-electron chi connectivity index (χ4n) is 3.86. The molecule has 28 heavy (non-hydrogen) atoms. The van der Waals surface area contributed by atoms with E-state index in [1.165, 1.54) is 22.4 Å². The van der Waals surface area contributed by atoms with Crippen molar-refractivity contribution < 1.29 is 4.74 Å². The number of aliphatic imine (C=N–C) groups is 1. The van der Waals surface area contributed by atoms with Crippen molar-refractivity contribution >= 4 is 5.96 Å². The highest BCUT2D eigenvalue weighted by molar-refractivity contribution is 5.80. The van der Waals surface area contributed by atoms with Gasteiger partial charge in [0.25, 0.3) is 0 Å². The van der Waals surface area contributed by atoms with Crippen LogP contribution >= 0.6 is 0 Å². The molecule has 3 rings (SSSR count). The molecule has 2 aromatic rings. The van der Waals surface area contributed by atoms with Crippen LogP contribution in [0.5, 0.6) is 0 Å². The molecule has 0 aliphatic carbocycles. The van der Waals surface area contributed by atoms with Gasteiger partial charge >= 0.3 is 0 Å². The Hall–Kier alpha value is -2.34. The quantitative estimate of drug-likeness (QED) is 0.637. The first kappa shape index (κ1) is 20.4. The van der Waals surface area contributed by atoms with E-state index in [4.69, 9.17) is 9.73 Å². The number of benzene rings is 1. The van der Waals surface area contributed by atoms with E-state index in [1.807, 2.05) is 11.7 Å². The van der Waals surface area contributed by atoms with Gasteiger partial charge in [0.15, 0.2) is 5.96 Å². The van der Waals surface area contributed by atoms with Crippen molar-refractivity contribution in [1.82, 2.24) is 20.0 Å². The fourth-order valence-corrected chi connectivity index (χ4v) is 3.86.